The second kappa shape index (κ2) is 4.19. The van der Waals surface area contributed by atoms with E-state index in [9.17, 15) is 0 Å². The van der Waals surface area contributed by atoms with Crippen molar-refractivity contribution in [3.63, 3.8) is 0 Å². The quantitative estimate of drug-likeness (QED) is 0.649. The van der Waals surface area contributed by atoms with Gasteiger partial charge in [-0.05, 0) is 18.3 Å². The molecule has 0 radical (unpaired) electrons. The lowest BCUT2D eigenvalue weighted by Crippen LogP contribution is -2.30. The molecule has 0 aromatic heterocycles. The van der Waals surface area contributed by atoms with E-state index in [4.69, 9.17) is 9.47 Å². The molecule has 2 nitrogen and oxygen atoms in total. The molecule has 0 aliphatic heterocycles. The summed E-state index contributed by atoms with van der Waals surface area (Å²) in [4.78, 5) is 0. The summed E-state index contributed by atoms with van der Waals surface area (Å²) in [6.07, 6.45) is 9.25. The van der Waals surface area contributed by atoms with Gasteiger partial charge in [-0.15, -0.1) is 0 Å². The number of rotatable bonds is 3. The van der Waals surface area contributed by atoms with Gasteiger partial charge in [-0.3, -0.25) is 0 Å². The van der Waals surface area contributed by atoms with Crippen molar-refractivity contribution in [1.29, 1.82) is 0 Å². The first-order chi connectivity index (χ1) is 6.79. The predicted molar refractivity (Wildman–Crippen MR) is 56.0 cm³/mol. The molecule has 0 spiro atoms. The Kier molecular flexibility index (Phi) is 3.13. The highest BCUT2D eigenvalue weighted by atomic mass is 16.7. The fraction of sp³-hybridized carbons (Fsp3) is 1.00. The molecule has 0 N–H and O–H groups in total. The highest BCUT2D eigenvalue weighted by Crippen LogP contribution is 2.45. The number of methoxy groups -OCH3 is 2. The van der Waals surface area contributed by atoms with Crippen molar-refractivity contribution in [2.45, 2.75) is 50.7 Å². The average molecular weight is 198 g/mol. The Morgan fingerprint density at radius 1 is 0.929 bits per heavy atom. The molecule has 2 saturated carbocycles. The topological polar surface area (TPSA) is 18.5 Å². The van der Waals surface area contributed by atoms with E-state index >= 15 is 0 Å². The van der Waals surface area contributed by atoms with Crippen LogP contribution >= 0.6 is 0 Å². The fourth-order valence-corrected chi connectivity index (χ4v) is 3.29. The van der Waals surface area contributed by atoms with Crippen molar-refractivity contribution < 1.29 is 9.47 Å². The van der Waals surface area contributed by atoms with Crippen LogP contribution in [0.5, 0.6) is 0 Å². The van der Waals surface area contributed by atoms with E-state index in [-0.39, 0.29) is 5.79 Å². The third-order valence-electron chi connectivity index (χ3n) is 4.28. The van der Waals surface area contributed by atoms with Gasteiger partial charge in [0.1, 0.15) is 0 Å². The largest absolute Gasteiger partial charge is 0.353 e. The van der Waals surface area contributed by atoms with Crippen LogP contribution in [0.25, 0.3) is 0 Å². The van der Waals surface area contributed by atoms with Crippen molar-refractivity contribution in [1.82, 2.24) is 0 Å². The second-order valence-electron chi connectivity index (χ2n) is 4.87. The minimum absolute atomic E-state index is 0.243. The summed E-state index contributed by atoms with van der Waals surface area (Å²) < 4.78 is 11.0. The molecule has 82 valence electrons. The van der Waals surface area contributed by atoms with Gasteiger partial charge in [0.2, 0.25) is 0 Å². The van der Waals surface area contributed by atoms with Gasteiger partial charge in [0.25, 0.3) is 0 Å². The Balaban J connectivity index is 1.92. The van der Waals surface area contributed by atoms with Crippen LogP contribution in [0, 0.1) is 11.8 Å². The molecule has 2 fully saturated rings. The zero-order valence-electron chi connectivity index (χ0n) is 9.42. The van der Waals surface area contributed by atoms with E-state index in [0.717, 1.165) is 24.7 Å². The molecule has 0 heterocycles. The monoisotopic (exact) mass is 198 g/mol. The Bertz CT molecular complexity index is 181. The molecule has 14 heavy (non-hydrogen) atoms. The lowest BCUT2D eigenvalue weighted by Gasteiger charge is -2.27. The number of hydrogen-bond acceptors (Lipinski definition) is 2. The SMILES string of the molecule is COC1(OC)CCC(C2CCCC2)C1. The Hall–Kier alpha value is -0.0800. The summed E-state index contributed by atoms with van der Waals surface area (Å²) in [6.45, 7) is 0. The smallest absolute Gasteiger partial charge is 0.167 e. The maximum absolute atomic E-state index is 5.52. The van der Waals surface area contributed by atoms with Crippen molar-refractivity contribution >= 4 is 0 Å². The van der Waals surface area contributed by atoms with Crippen LogP contribution in [0.15, 0.2) is 0 Å². The van der Waals surface area contributed by atoms with Gasteiger partial charge in [0, 0.05) is 27.1 Å². The van der Waals surface area contributed by atoms with Crippen molar-refractivity contribution in [2.24, 2.45) is 11.8 Å². The lowest BCUT2D eigenvalue weighted by atomic mass is 9.89. The molecule has 0 aromatic carbocycles. The maximum Gasteiger partial charge on any atom is 0.167 e. The Morgan fingerprint density at radius 3 is 2.07 bits per heavy atom. The van der Waals surface area contributed by atoms with Crippen LogP contribution < -0.4 is 0 Å². The third kappa shape index (κ3) is 1.82. The molecular weight excluding hydrogens is 176 g/mol. The van der Waals surface area contributed by atoms with E-state index < -0.39 is 0 Å². The number of hydrogen-bond donors (Lipinski definition) is 0. The highest BCUT2D eigenvalue weighted by molar-refractivity contribution is 4.88. The fourth-order valence-electron chi connectivity index (χ4n) is 3.29. The summed E-state index contributed by atoms with van der Waals surface area (Å²) in [5.74, 6) is 1.58. The molecule has 1 atom stereocenters. The van der Waals surface area contributed by atoms with Crippen molar-refractivity contribution in [2.75, 3.05) is 14.2 Å². The third-order valence-corrected chi connectivity index (χ3v) is 4.28. The lowest BCUT2D eigenvalue weighted by molar-refractivity contribution is -0.203. The molecule has 0 saturated heterocycles. The molecular formula is C12H22O2. The van der Waals surface area contributed by atoms with Gasteiger partial charge in [-0.2, -0.15) is 0 Å². The van der Waals surface area contributed by atoms with Gasteiger partial charge in [-0.1, -0.05) is 25.7 Å². The molecule has 2 heteroatoms. The van der Waals surface area contributed by atoms with E-state index in [2.05, 4.69) is 0 Å². The minimum Gasteiger partial charge on any atom is -0.353 e. The predicted octanol–water partition coefficient (Wildman–Crippen LogP) is 2.97. The van der Waals surface area contributed by atoms with Crippen LogP contribution in [0.4, 0.5) is 0 Å². The van der Waals surface area contributed by atoms with Gasteiger partial charge < -0.3 is 9.47 Å². The van der Waals surface area contributed by atoms with Crippen LogP contribution in [0.1, 0.15) is 44.9 Å². The Labute approximate surface area is 87.0 Å². The van der Waals surface area contributed by atoms with Gasteiger partial charge >= 0.3 is 0 Å². The maximum atomic E-state index is 5.52. The second-order valence-corrected chi connectivity index (χ2v) is 4.87. The standard InChI is InChI=1S/C12H22O2/c1-13-12(14-2)8-7-11(9-12)10-5-3-4-6-10/h10-11H,3-9H2,1-2H3. The summed E-state index contributed by atoms with van der Waals surface area (Å²) in [5, 5.41) is 0. The van der Waals surface area contributed by atoms with E-state index in [1.807, 2.05) is 0 Å². The zero-order valence-corrected chi connectivity index (χ0v) is 9.42. The first-order valence-electron chi connectivity index (χ1n) is 5.90. The molecule has 2 aliphatic rings. The van der Waals surface area contributed by atoms with Crippen molar-refractivity contribution in [3.8, 4) is 0 Å². The molecule has 2 aliphatic carbocycles. The first kappa shape index (κ1) is 10.4. The highest BCUT2D eigenvalue weighted by Gasteiger charge is 2.42. The van der Waals surface area contributed by atoms with E-state index in [1.165, 1.54) is 32.1 Å². The molecule has 0 bridgehead atoms. The van der Waals surface area contributed by atoms with Crippen LogP contribution in [0.2, 0.25) is 0 Å². The normalized spacial score (nSPS) is 32.6. The molecule has 2 rings (SSSR count). The molecule has 0 aromatic rings. The molecule has 0 amide bonds. The summed E-state index contributed by atoms with van der Waals surface area (Å²) in [6, 6.07) is 0. The van der Waals surface area contributed by atoms with Gasteiger partial charge in [-0.25, -0.2) is 0 Å². The van der Waals surface area contributed by atoms with Crippen LogP contribution in [-0.4, -0.2) is 20.0 Å². The summed E-state index contributed by atoms with van der Waals surface area (Å²) in [5.41, 5.74) is 0. The number of ether oxygens (including phenoxy) is 2. The van der Waals surface area contributed by atoms with E-state index in [0.29, 0.717) is 0 Å². The molecule has 1 unspecified atom stereocenters. The summed E-state index contributed by atoms with van der Waals surface area (Å²) >= 11 is 0. The minimum atomic E-state index is -0.243. The average Bonchev–Trinajstić information content (AvgIpc) is 2.87. The van der Waals surface area contributed by atoms with E-state index in [1.54, 1.807) is 14.2 Å². The van der Waals surface area contributed by atoms with Gasteiger partial charge in [0.15, 0.2) is 5.79 Å². The van der Waals surface area contributed by atoms with Crippen molar-refractivity contribution in [3.05, 3.63) is 0 Å². The van der Waals surface area contributed by atoms with Crippen LogP contribution in [-0.2, 0) is 9.47 Å². The Morgan fingerprint density at radius 2 is 1.57 bits per heavy atom. The first-order valence-corrected chi connectivity index (χ1v) is 5.90. The summed E-state index contributed by atoms with van der Waals surface area (Å²) in [7, 11) is 3.56. The zero-order chi connectivity index (χ0) is 10.0. The van der Waals surface area contributed by atoms with Gasteiger partial charge in [0.05, 0.1) is 0 Å². The van der Waals surface area contributed by atoms with Crippen LogP contribution in [0.3, 0.4) is 0 Å².